The molecule has 0 saturated heterocycles. The van der Waals surface area contributed by atoms with E-state index in [-0.39, 0.29) is 16.2 Å². The van der Waals surface area contributed by atoms with E-state index >= 15 is 0 Å². The monoisotopic (exact) mass is 300 g/mol. The fourth-order valence-corrected chi connectivity index (χ4v) is 1.68. The highest BCUT2D eigenvalue weighted by atomic mass is 32.1. The molecule has 2 rings (SSSR count). The summed E-state index contributed by atoms with van der Waals surface area (Å²) < 4.78 is 53.9. The van der Waals surface area contributed by atoms with Crippen LogP contribution in [0.1, 0.15) is 5.56 Å². The van der Waals surface area contributed by atoms with Crippen molar-refractivity contribution in [2.24, 2.45) is 5.73 Å². The Kier molecular flexibility index (Phi) is 3.89. The molecule has 104 valence electrons. The molecular formula is C13H8F4N2S. The van der Waals surface area contributed by atoms with Crippen molar-refractivity contribution in [2.75, 3.05) is 5.32 Å². The first-order chi connectivity index (χ1) is 9.38. The average molecular weight is 300 g/mol. The van der Waals surface area contributed by atoms with Crippen LogP contribution >= 0.6 is 12.2 Å². The average Bonchev–Trinajstić information content (AvgIpc) is 2.37. The van der Waals surface area contributed by atoms with Crippen LogP contribution in [0.25, 0.3) is 0 Å². The maximum atomic E-state index is 13.8. The number of rotatable bonds is 3. The third kappa shape index (κ3) is 2.88. The van der Waals surface area contributed by atoms with Crippen LogP contribution in [-0.2, 0) is 0 Å². The number of halogens is 4. The van der Waals surface area contributed by atoms with Gasteiger partial charge in [-0.05, 0) is 24.3 Å². The second-order valence-corrected chi connectivity index (χ2v) is 4.37. The predicted molar refractivity (Wildman–Crippen MR) is 71.9 cm³/mol. The molecule has 0 aliphatic heterocycles. The molecule has 2 aromatic carbocycles. The van der Waals surface area contributed by atoms with Gasteiger partial charge in [-0.2, -0.15) is 0 Å². The molecule has 0 fully saturated rings. The normalized spacial score (nSPS) is 10.4. The Labute approximate surface area is 117 Å². The Morgan fingerprint density at radius 2 is 1.55 bits per heavy atom. The summed E-state index contributed by atoms with van der Waals surface area (Å²) in [4.78, 5) is -0.175. The summed E-state index contributed by atoms with van der Waals surface area (Å²) in [7, 11) is 0. The van der Waals surface area contributed by atoms with Gasteiger partial charge >= 0.3 is 0 Å². The molecule has 0 heterocycles. The van der Waals surface area contributed by atoms with E-state index in [1.807, 2.05) is 0 Å². The standard InChI is InChI=1S/C13H8F4N2S/c14-7-1-2-8(15)11(5-7)19-12-9(16)3-6(13(18)20)4-10(12)17/h1-5,19H,(H2,18,20). The molecule has 0 unspecified atom stereocenters. The zero-order valence-electron chi connectivity index (χ0n) is 9.88. The molecular weight excluding hydrogens is 292 g/mol. The van der Waals surface area contributed by atoms with E-state index in [9.17, 15) is 17.6 Å². The Balaban J connectivity index is 2.44. The van der Waals surface area contributed by atoms with Crippen molar-refractivity contribution in [3.05, 3.63) is 59.2 Å². The smallest absolute Gasteiger partial charge is 0.150 e. The molecule has 0 saturated carbocycles. The van der Waals surface area contributed by atoms with Crippen molar-refractivity contribution in [1.29, 1.82) is 0 Å². The van der Waals surface area contributed by atoms with Crippen LogP contribution in [0.5, 0.6) is 0 Å². The third-order valence-corrected chi connectivity index (χ3v) is 2.75. The fraction of sp³-hybridized carbons (Fsp3) is 0. The quantitative estimate of drug-likeness (QED) is 0.671. The van der Waals surface area contributed by atoms with Gasteiger partial charge in [0.05, 0.1) is 5.69 Å². The fourth-order valence-electron chi connectivity index (χ4n) is 1.56. The number of nitrogens with two attached hydrogens (primary N) is 1. The lowest BCUT2D eigenvalue weighted by Gasteiger charge is -2.11. The molecule has 0 aliphatic carbocycles. The van der Waals surface area contributed by atoms with Crippen LogP contribution in [-0.4, -0.2) is 4.99 Å². The van der Waals surface area contributed by atoms with Crippen LogP contribution < -0.4 is 11.1 Å². The second-order valence-electron chi connectivity index (χ2n) is 3.93. The molecule has 0 aliphatic rings. The second kappa shape index (κ2) is 5.46. The molecule has 0 bridgehead atoms. The van der Waals surface area contributed by atoms with Crippen LogP contribution in [0.15, 0.2) is 30.3 Å². The van der Waals surface area contributed by atoms with Gasteiger partial charge < -0.3 is 11.1 Å². The predicted octanol–water partition coefficient (Wildman–Crippen LogP) is 3.62. The van der Waals surface area contributed by atoms with Crippen molar-refractivity contribution in [3.8, 4) is 0 Å². The minimum Gasteiger partial charge on any atom is -0.389 e. The van der Waals surface area contributed by atoms with Gasteiger partial charge in [-0.3, -0.25) is 0 Å². The van der Waals surface area contributed by atoms with Crippen molar-refractivity contribution in [3.63, 3.8) is 0 Å². The van der Waals surface area contributed by atoms with Gasteiger partial charge in [0, 0.05) is 11.6 Å². The van der Waals surface area contributed by atoms with Gasteiger partial charge in [0.1, 0.15) is 33.9 Å². The molecule has 0 spiro atoms. The summed E-state index contributed by atoms with van der Waals surface area (Å²) in [6.07, 6.45) is 0. The lowest BCUT2D eigenvalue weighted by molar-refractivity contribution is 0.586. The minimum absolute atomic E-state index is 0.000245. The summed E-state index contributed by atoms with van der Waals surface area (Å²) >= 11 is 4.61. The van der Waals surface area contributed by atoms with Crippen molar-refractivity contribution < 1.29 is 17.6 Å². The first-order valence-electron chi connectivity index (χ1n) is 5.39. The minimum atomic E-state index is -1.02. The summed E-state index contributed by atoms with van der Waals surface area (Å²) in [5.41, 5.74) is 4.27. The molecule has 0 amide bonds. The molecule has 2 nitrogen and oxygen atoms in total. The number of hydrogen-bond acceptors (Lipinski definition) is 2. The van der Waals surface area contributed by atoms with Crippen LogP contribution in [0.2, 0.25) is 0 Å². The molecule has 2 aromatic rings. The van der Waals surface area contributed by atoms with Crippen LogP contribution in [0, 0.1) is 23.3 Å². The first kappa shape index (κ1) is 14.3. The van der Waals surface area contributed by atoms with Gasteiger partial charge in [-0.25, -0.2) is 17.6 Å². The van der Waals surface area contributed by atoms with Gasteiger partial charge in [-0.15, -0.1) is 0 Å². The molecule has 3 N–H and O–H groups in total. The van der Waals surface area contributed by atoms with Crippen LogP contribution in [0.4, 0.5) is 28.9 Å². The number of benzene rings is 2. The summed E-state index contributed by atoms with van der Waals surface area (Å²) in [5, 5.41) is 2.17. The third-order valence-electron chi connectivity index (χ3n) is 2.51. The lowest BCUT2D eigenvalue weighted by Crippen LogP contribution is -2.11. The van der Waals surface area contributed by atoms with E-state index in [4.69, 9.17) is 5.73 Å². The van der Waals surface area contributed by atoms with E-state index < -0.39 is 29.0 Å². The van der Waals surface area contributed by atoms with Gasteiger partial charge in [0.15, 0.2) is 0 Å². The molecule has 7 heteroatoms. The Hall–Kier alpha value is -2.15. The van der Waals surface area contributed by atoms with Crippen molar-refractivity contribution in [1.82, 2.24) is 0 Å². The summed E-state index contributed by atoms with van der Waals surface area (Å²) in [6.45, 7) is 0. The van der Waals surface area contributed by atoms with E-state index in [2.05, 4.69) is 17.5 Å². The largest absolute Gasteiger partial charge is 0.389 e. The van der Waals surface area contributed by atoms with E-state index in [1.54, 1.807) is 0 Å². The Morgan fingerprint density at radius 1 is 0.950 bits per heavy atom. The van der Waals surface area contributed by atoms with Crippen molar-refractivity contribution in [2.45, 2.75) is 0 Å². The molecule has 0 aromatic heterocycles. The Bertz CT molecular complexity index is 665. The van der Waals surface area contributed by atoms with Crippen molar-refractivity contribution >= 4 is 28.6 Å². The maximum absolute atomic E-state index is 13.8. The van der Waals surface area contributed by atoms with Gasteiger partial charge in [0.2, 0.25) is 0 Å². The van der Waals surface area contributed by atoms with Gasteiger partial charge in [-0.1, -0.05) is 12.2 Å². The lowest BCUT2D eigenvalue weighted by atomic mass is 10.1. The van der Waals surface area contributed by atoms with Gasteiger partial charge in [0.25, 0.3) is 0 Å². The number of hydrogen-bond donors (Lipinski definition) is 2. The maximum Gasteiger partial charge on any atom is 0.150 e. The number of thiocarbonyl (C=S) groups is 1. The Morgan fingerprint density at radius 3 is 2.10 bits per heavy atom. The molecule has 0 atom stereocenters. The molecule has 0 radical (unpaired) electrons. The first-order valence-corrected chi connectivity index (χ1v) is 5.80. The topological polar surface area (TPSA) is 38.0 Å². The molecule has 20 heavy (non-hydrogen) atoms. The highest BCUT2D eigenvalue weighted by molar-refractivity contribution is 7.80. The highest BCUT2D eigenvalue weighted by Crippen LogP contribution is 2.26. The van der Waals surface area contributed by atoms with E-state index in [0.717, 1.165) is 30.3 Å². The van der Waals surface area contributed by atoms with Crippen LogP contribution in [0.3, 0.4) is 0 Å². The SMILES string of the molecule is NC(=S)c1cc(F)c(Nc2cc(F)ccc2F)c(F)c1. The van der Waals surface area contributed by atoms with E-state index in [1.165, 1.54) is 0 Å². The summed E-state index contributed by atoms with van der Waals surface area (Å²) in [5.74, 6) is -3.62. The zero-order chi connectivity index (χ0) is 14.9. The number of nitrogens with one attached hydrogen (secondary N) is 1. The number of anilines is 2. The highest BCUT2D eigenvalue weighted by Gasteiger charge is 2.14. The van der Waals surface area contributed by atoms with E-state index in [0.29, 0.717) is 0 Å². The zero-order valence-corrected chi connectivity index (χ0v) is 10.7. The summed E-state index contributed by atoms with van der Waals surface area (Å²) in [6, 6.07) is 4.34.